The molecule has 0 saturated carbocycles. The van der Waals surface area contributed by atoms with Crippen molar-refractivity contribution >= 4 is 43.6 Å². The minimum Gasteiger partial charge on any atom is -0.309 e. The predicted molar refractivity (Wildman–Crippen MR) is 180 cm³/mol. The Morgan fingerprint density at radius 2 is 1.09 bits per heavy atom. The van der Waals surface area contributed by atoms with Crippen molar-refractivity contribution in [2.45, 2.75) is 20.0 Å². The average Bonchev–Trinajstić information content (AvgIpc) is 3.55. The number of hydrogen-bond acceptors (Lipinski definition) is 1. The van der Waals surface area contributed by atoms with Crippen LogP contribution >= 0.6 is 0 Å². The first kappa shape index (κ1) is 27.7. The van der Waals surface area contributed by atoms with Gasteiger partial charge < -0.3 is 9.13 Å². The van der Waals surface area contributed by atoms with Gasteiger partial charge in [-0.2, -0.15) is 18.4 Å². The zero-order valence-corrected chi connectivity index (χ0v) is 25.0. The largest absolute Gasteiger partial charge is 0.416 e. The third kappa shape index (κ3) is 4.13. The summed E-state index contributed by atoms with van der Waals surface area (Å²) in [6, 6.07) is 39.8. The Hall–Kier alpha value is -5.80. The summed E-state index contributed by atoms with van der Waals surface area (Å²) in [5.41, 5.74) is 7.19. The molecule has 0 aliphatic heterocycles. The summed E-state index contributed by atoms with van der Waals surface area (Å²) < 4.78 is 47.4. The summed E-state index contributed by atoms with van der Waals surface area (Å²) in [4.78, 5) is 0. The molecule has 222 valence electrons. The Kier molecular flexibility index (Phi) is 6.10. The van der Waals surface area contributed by atoms with E-state index in [9.17, 15) is 18.4 Å². The van der Waals surface area contributed by atoms with Gasteiger partial charge in [-0.25, -0.2) is 0 Å². The van der Waals surface area contributed by atoms with Gasteiger partial charge in [0.05, 0.1) is 50.6 Å². The SMILES string of the molecule is Cc1ccc2c(c1)c1ccccc1n2-c1ccc(C(F)(F)F)cc1-c1c(C#N)cccc1-n1c2ccccc2c2cc(C)ccc21. The van der Waals surface area contributed by atoms with Crippen LogP contribution in [0.5, 0.6) is 0 Å². The van der Waals surface area contributed by atoms with Gasteiger partial charge in [0.2, 0.25) is 0 Å². The van der Waals surface area contributed by atoms with Gasteiger partial charge in [-0.05, 0) is 80.6 Å². The van der Waals surface area contributed by atoms with Crippen molar-refractivity contribution in [1.29, 1.82) is 5.26 Å². The van der Waals surface area contributed by atoms with Crippen molar-refractivity contribution in [3.8, 4) is 28.6 Å². The molecule has 2 aromatic heterocycles. The van der Waals surface area contributed by atoms with E-state index >= 15 is 0 Å². The second kappa shape index (κ2) is 10.1. The lowest BCUT2D eigenvalue weighted by molar-refractivity contribution is -0.137. The lowest BCUT2D eigenvalue weighted by atomic mass is 9.94. The normalized spacial score (nSPS) is 12.0. The molecule has 0 bridgehead atoms. The highest BCUT2D eigenvalue weighted by Gasteiger charge is 2.32. The van der Waals surface area contributed by atoms with Crippen LogP contribution in [0.1, 0.15) is 22.3 Å². The van der Waals surface area contributed by atoms with Crippen molar-refractivity contribution < 1.29 is 13.2 Å². The van der Waals surface area contributed by atoms with Crippen LogP contribution in [0.3, 0.4) is 0 Å². The number of hydrogen-bond donors (Lipinski definition) is 0. The number of nitrogens with zero attached hydrogens (tertiary/aromatic N) is 3. The number of rotatable bonds is 3. The topological polar surface area (TPSA) is 33.6 Å². The molecule has 8 rings (SSSR count). The molecule has 0 aliphatic carbocycles. The Balaban J connectivity index is 1.55. The van der Waals surface area contributed by atoms with Crippen LogP contribution < -0.4 is 0 Å². The highest BCUT2D eigenvalue weighted by Crippen LogP contribution is 2.44. The third-order valence-corrected chi connectivity index (χ3v) is 8.89. The van der Waals surface area contributed by atoms with Crippen LogP contribution in [0.2, 0.25) is 0 Å². The molecular weight excluding hydrogens is 579 g/mol. The lowest BCUT2D eigenvalue weighted by Gasteiger charge is -2.21. The van der Waals surface area contributed by atoms with Gasteiger partial charge in [0.1, 0.15) is 0 Å². The van der Waals surface area contributed by atoms with Gasteiger partial charge in [0.25, 0.3) is 0 Å². The van der Waals surface area contributed by atoms with E-state index in [-0.39, 0.29) is 5.56 Å². The summed E-state index contributed by atoms with van der Waals surface area (Å²) >= 11 is 0. The maximum atomic E-state index is 14.4. The molecule has 0 radical (unpaired) electrons. The van der Waals surface area contributed by atoms with Gasteiger partial charge in [0, 0.05) is 32.7 Å². The molecule has 0 unspecified atom stereocenters. The summed E-state index contributed by atoms with van der Waals surface area (Å²) in [6.45, 7) is 4.06. The van der Waals surface area contributed by atoms with E-state index in [0.717, 1.165) is 60.8 Å². The first-order chi connectivity index (χ1) is 22.2. The number of fused-ring (bicyclic) bond motifs is 6. The smallest absolute Gasteiger partial charge is 0.309 e. The van der Waals surface area contributed by atoms with Crippen LogP contribution in [0, 0.1) is 25.2 Å². The molecule has 0 fully saturated rings. The quantitative estimate of drug-likeness (QED) is 0.197. The van der Waals surface area contributed by atoms with Crippen LogP contribution in [-0.2, 0) is 6.18 Å². The molecule has 6 heteroatoms. The van der Waals surface area contributed by atoms with Crippen molar-refractivity contribution in [2.75, 3.05) is 0 Å². The summed E-state index contributed by atoms with van der Waals surface area (Å²) in [6.07, 6.45) is -4.59. The van der Waals surface area contributed by atoms with Crippen LogP contribution in [-0.4, -0.2) is 9.13 Å². The fraction of sp³-hybridized carbons (Fsp3) is 0.0750. The Bertz CT molecular complexity index is 2560. The summed E-state index contributed by atoms with van der Waals surface area (Å²) in [5, 5.41) is 14.6. The van der Waals surface area contributed by atoms with Crippen molar-refractivity contribution in [1.82, 2.24) is 9.13 Å². The fourth-order valence-electron chi connectivity index (χ4n) is 6.90. The van der Waals surface area contributed by atoms with Crippen molar-refractivity contribution in [3.63, 3.8) is 0 Å². The van der Waals surface area contributed by atoms with Gasteiger partial charge in [-0.3, -0.25) is 0 Å². The zero-order chi connectivity index (χ0) is 31.7. The lowest BCUT2D eigenvalue weighted by Crippen LogP contribution is -2.08. The molecular formula is C40H26F3N3. The number of aryl methyl sites for hydroxylation is 2. The summed E-state index contributed by atoms with van der Waals surface area (Å²) in [7, 11) is 0. The first-order valence-corrected chi connectivity index (χ1v) is 15.0. The van der Waals surface area contributed by atoms with E-state index in [0.29, 0.717) is 22.5 Å². The predicted octanol–water partition coefficient (Wildman–Crippen LogP) is 11.1. The molecule has 0 N–H and O–H groups in total. The third-order valence-electron chi connectivity index (χ3n) is 8.89. The standard InChI is InChI=1S/C40H26F3N3/c1-24-14-17-35-30(20-24)28-9-3-5-11-33(28)45(35)37-19-16-27(40(41,42)43)22-32(37)39-26(23-44)8-7-13-38(39)46-34-12-6-4-10-29(34)31-21-25(2)15-18-36(31)46/h3-22H,1-2H3. The maximum absolute atomic E-state index is 14.4. The van der Waals surface area contributed by atoms with E-state index in [1.54, 1.807) is 12.1 Å². The number of alkyl halides is 3. The van der Waals surface area contributed by atoms with E-state index in [1.165, 1.54) is 12.1 Å². The van der Waals surface area contributed by atoms with Gasteiger partial charge >= 0.3 is 6.18 Å². The van der Waals surface area contributed by atoms with Crippen molar-refractivity contribution in [3.05, 3.63) is 144 Å². The van der Waals surface area contributed by atoms with Crippen LogP contribution in [0.4, 0.5) is 13.2 Å². The fourth-order valence-corrected chi connectivity index (χ4v) is 6.90. The Morgan fingerprint density at radius 1 is 0.543 bits per heavy atom. The number of halogens is 3. The number of benzene rings is 6. The van der Waals surface area contributed by atoms with Gasteiger partial charge in [0.15, 0.2) is 0 Å². The highest BCUT2D eigenvalue weighted by atomic mass is 19.4. The van der Waals surface area contributed by atoms with E-state index in [4.69, 9.17) is 0 Å². The molecule has 0 spiro atoms. The molecule has 0 saturated heterocycles. The zero-order valence-electron chi connectivity index (χ0n) is 25.0. The minimum absolute atomic E-state index is 0.285. The van der Waals surface area contributed by atoms with Crippen LogP contribution in [0.25, 0.3) is 66.1 Å². The summed E-state index contributed by atoms with van der Waals surface area (Å²) in [5.74, 6) is 0. The minimum atomic E-state index is -4.59. The monoisotopic (exact) mass is 605 g/mol. The molecule has 6 aromatic carbocycles. The van der Waals surface area contributed by atoms with E-state index in [2.05, 4.69) is 28.8 Å². The number of nitriles is 1. The number of para-hydroxylation sites is 2. The van der Waals surface area contributed by atoms with Crippen molar-refractivity contribution in [2.24, 2.45) is 0 Å². The van der Waals surface area contributed by atoms with Gasteiger partial charge in [-0.15, -0.1) is 0 Å². The van der Waals surface area contributed by atoms with E-state index < -0.39 is 11.7 Å². The second-order valence-electron chi connectivity index (χ2n) is 11.8. The highest BCUT2D eigenvalue weighted by molar-refractivity contribution is 6.11. The average molecular weight is 606 g/mol. The molecule has 3 nitrogen and oxygen atoms in total. The second-order valence-corrected chi connectivity index (χ2v) is 11.8. The molecule has 0 atom stereocenters. The number of aromatic nitrogens is 2. The van der Waals surface area contributed by atoms with E-state index in [1.807, 2.05) is 91.2 Å². The molecule has 0 amide bonds. The Labute approximate surface area is 263 Å². The Morgan fingerprint density at radius 3 is 1.65 bits per heavy atom. The molecule has 0 aliphatic rings. The molecule has 2 heterocycles. The first-order valence-electron chi connectivity index (χ1n) is 15.0. The van der Waals surface area contributed by atoms with Crippen LogP contribution in [0.15, 0.2) is 121 Å². The molecule has 8 aromatic rings. The van der Waals surface area contributed by atoms with Gasteiger partial charge in [-0.1, -0.05) is 65.7 Å². The maximum Gasteiger partial charge on any atom is 0.416 e. The molecule has 46 heavy (non-hydrogen) atoms.